The van der Waals surface area contributed by atoms with Gasteiger partial charge in [0.25, 0.3) is 0 Å². The smallest absolute Gasteiger partial charge is 0.0936 e. The lowest BCUT2D eigenvalue weighted by atomic mass is 9.84. The molecule has 2 heteroatoms. The minimum absolute atomic E-state index is 0.535. The van der Waals surface area contributed by atoms with Gasteiger partial charge in [0, 0.05) is 13.1 Å². The molecule has 0 spiro atoms. The van der Waals surface area contributed by atoms with Crippen molar-refractivity contribution in [3.05, 3.63) is 0 Å². The molecule has 2 fully saturated rings. The first-order valence-electron chi connectivity index (χ1n) is 5.00. The lowest BCUT2D eigenvalue weighted by molar-refractivity contribution is 0.110. The number of hydrogen-bond donors (Lipinski definition) is 0. The molecule has 0 radical (unpaired) electrons. The van der Waals surface area contributed by atoms with Gasteiger partial charge in [0.05, 0.1) is 12.7 Å². The Morgan fingerprint density at radius 1 is 1.50 bits per heavy atom. The highest BCUT2D eigenvalue weighted by molar-refractivity contribution is 4.83. The van der Waals surface area contributed by atoms with Crippen molar-refractivity contribution in [1.29, 1.82) is 0 Å². The van der Waals surface area contributed by atoms with Crippen LogP contribution >= 0.6 is 0 Å². The van der Waals surface area contributed by atoms with Crippen molar-refractivity contribution in [3.8, 4) is 0 Å². The van der Waals surface area contributed by atoms with Gasteiger partial charge in [0.1, 0.15) is 0 Å². The molecule has 1 atom stereocenters. The van der Waals surface area contributed by atoms with E-state index in [0.29, 0.717) is 11.5 Å². The Balaban J connectivity index is 1.81. The molecule has 2 rings (SSSR count). The van der Waals surface area contributed by atoms with E-state index in [0.717, 1.165) is 6.61 Å². The first-order valence-corrected chi connectivity index (χ1v) is 5.00. The van der Waals surface area contributed by atoms with Crippen molar-refractivity contribution >= 4 is 0 Å². The summed E-state index contributed by atoms with van der Waals surface area (Å²) >= 11 is 0. The Morgan fingerprint density at radius 3 is 2.83 bits per heavy atom. The second-order valence-electron chi connectivity index (χ2n) is 4.96. The van der Waals surface area contributed by atoms with Gasteiger partial charge >= 0.3 is 0 Å². The van der Waals surface area contributed by atoms with Crippen molar-refractivity contribution < 1.29 is 4.74 Å². The van der Waals surface area contributed by atoms with E-state index >= 15 is 0 Å². The van der Waals surface area contributed by atoms with E-state index in [2.05, 4.69) is 18.7 Å². The van der Waals surface area contributed by atoms with Gasteiger partial charge in [-0.3, -0.25) is 0 Å². The van der Waals surface area contributed by atoms with Crippen LogP contribution in [0, 0.1) is 5.41 Å². The molecule has 0 bridgehead atoms. The summed E-state index contributed by atoms with van der Waals surface area (Å²) in [5, 5.41) is 0. The Hall–Kier alpha value is -0.0800. The van der Waals surface area contributed by atoms with E-state index in [4.69, 9.17) is 4.74 Å². The first-order chi connectivity index (χ1) is 5.66. The third kappa shape index (κ3) is 2.20. The van der Waals surface area contributed by atoms with Gasteiger partial charge in [0.2, 0.25) is 0 Å². The molecule has 2 saturated heterocycles. The summed E-state index contributed by atoms with van der Waals surface area (Å²) in [6.07, 6.45) is 3.31. The molecule has 0 aromatic carbocycles. The van der Waals surface area contributed by atoms with Crippen LogP contribution in [0.4, 0.5) is 0 Å². The Bertz CT molecular complexity index is 163. The highest BCUT2D eigenvalue weighted by Gasteiger charge is 2.31. The summed E-state index contributed by atoms with van der Waals surface area (Å²) in [6, 6.07) is 0. The fourth-order valence-corrected chi connectivity index (χ4v) is 2.16. The molecule has 0 aliphatic carbocycles. The predicted octanol–water partition coefficient (Wildman–Crippen LogP) is 1.51. The minimum Gasteiger partial charge on any atom is -0.372 e. The molecule has 12 heavy (non-hydrogen) atoms. The largest absolute Gasteiger partial charge is 0.372 e. The number of nitrogens with zero attached hydrogens (tertiary/aromatic N) is 1. The third-order valence-electron chi connectivity index (χ3n) is 2.84. The number of likely N-dealkylation sites (tertiary alicyclic amines) is 1. The fraction of sp³-hybridized carbons (Fsp3) is 1.00. The molecule has 0 aromatic heterocycles. The maximum Gasteiger partial charge on any atom is 0.0936 e. The van der Waals surface area contributed by atoms with Crippen LogP contribution in [-0.4, -0.2) is 37.2 Å². The average Bonchev–Trinajstić information content (AvgIpc) is 2.69. The number of epoxide rings is 1. The highest BCUT2D eigenvalue weighted by atomic mass is 16.6. The van der Waals surface area contributed by atoms with Crippen molar-refractivity contribution in [2.24, 2.45) is 5.41 Å². The predicted molar refractivity (Wildman–Crippen MR) is 49.2 cm³/mol. The first kappa shape index (κ1) is 8.52. The van der Waals surface area contributed by atoms with E-state index in [9.17, 15) is 0 Å². The number of hydrogen-bond acceptors (Lipinski definition) is 2. The van der Waals surface area contributed by atoms with Gasteiger partial charge in [-0.15, -0.1) is 0 Å². The van der Waals surface area contributed by atoms with Crippen LogP contribution < -0.4 is 0 Å². The summed E-state index contributed by atoms with van der Waals surface area (Å²) in [6.45, 7) is 9.44. The zero-order chi connectivity index (χ0) is 8.60. The van der Waals surface area contributed by atoms with Gasteiger partial charge in [-0.1, -0.05) is 13.8 Å². The molecular formula is C10H19NO. The maximum atomic E-state index is 5.24. The number of piperidine rings is 1. The third-order valence-corrected chi connectivity index (χ3v) is 2.84. The molecule has 2 heterocycles. The molecule has 70 valence electrons. The molecule has 0 unspecified atom stereocenters. The monoisotopic (exact) mass is 169 g/mol. The van der Waals surface area contributed by atoms with Gasteiger partial charge in [-0.25, -0.2) is 0 Å². The van der Waals surface area contributed by atoms with Crippen LogP contribution in [-0.2, 0) is 4.74 Å². The molecular weight excluding hydrogens is 150 g/mol. The standard InChI is InChI=1S/C10H19NO/c1-10(2)4-3-5-11(8-10)6-9-7-12-9/h9H,3-8H2,1-2H3/t9-/m1/s1. The van der Waals surface area contributed by atoms with E-state index in [1.165, 1.54) is 32.5 Å². The van der Waals surface area contributed by atoms with Crippen LogP contribution in [0.15, 0.2) is 0 Å². The topological polar surface area (TPSA) is 15.8 Å². The zero-order valence-corrected chi connectivity index (χ0v) is 8.18. The molecule has 2 aliphatic heterocycles. The van der Waals surface area contributed by atoms with Crippen LogP contribution in [0.2, 0.25) is 0 Å². The van der Waals surface area contributed by atoms with Crippen LogP contribution in [0.25, 0.3) is 0 Å². The highest BCUT2D eigenvalue weighted by Crippen LogP contribution is 2.29. The summed E-state index contributed by atoms with van der Waals surface area (Å²) in [5.74, 6) is 0. The van der Waals surface area contributed by atoms with E-state index in [1.807, 2.05) is 0 Å². The Kier molecular flexibility index (Phi) is 2.13. The Labute approximate surface area is 74.9 Å². The normalized spacial score (nSPS) is 35.0. The zero-order valence-electron chi connectivity index (χ0n) is 8.18. The molecule has 2 aliphatic rings. The maximum absolute atomic E-state index is 5.24. The summed E-state index contributed by atoms with van der Waals surface area (Å²) in [5.41, 5.74) is 0.535. The molecule has 2 nitrogen and oxygen atoms in total. The van der Waals surface area contributed by atoms with Crippen molar-refractivity contribution in [2.75, 3.05) is 26.2 Å². The number of ether oxygens (including phenoxy) is 1. The lowest BCUT2D eigenvalue weighted by Gasteiger charge is -2.37. The van der Waals surface area contributed by atoms with Gasteiger partial charge in [-0.2, -0.15) is 0 Å². The average molecular weight is 169 g/mol. The fourth-order valence-electron chi connectivity index (χ4n) is 2.16. The summed E-state index contributed by atoms with van der Waals surface area (Å²) in [7, 11) is 0. The van der Waals surface area contributed by atoms with Crippen LogP contribution in [0.1, 0.15) is 26.7 Å². The number of rotatable bonds is 2. The van der Waals surface area contributed by atoms with Crippen LogP contribution in [0.5, 0.6) is 0 Å². The van der Waals surface area contributed by atoms with E-state index in [-0.39, 0.29) is 0 Å². The van der Waals surface area contributed by atoms with Gasteiger partial charge in [0.15, 0.2) is 0 Å². The second kappa shape index (κ2) is 3.00. The van der Waals surface area contributed by atoms with Crippen molar-refractivity contribution in [3.63, 3.8) is 0 Å². The van der Waals surface area contributed by atoms with E-state index in [1.54, 1.807) is 0 Å². The lowest BCUT2D eigenvalue weighted by Crippen LogP contribution is -2.41. The summed E-state index contributed by atoms with van der Waals surface area (Å²) < 4.78 is 5.24. The molecule has 0 amide bonds. The molecule has 0 N–H and O–H groups in total. The molecule has 0 saturated carbocycles. The molecule has 0 aromatic rings. The quantitative estimate of drug-likeness (QED) is 0.582. The Morgan fingerprint density at radius 2 is 2.25 bits per heavy atom. The minimum atomic E-state index is 0.535. The van der Waals surface area contributed by atoms with Crippen molar-refractivity contribution in [1.82, 2.24) is 4.90 Å². The second-order valence-corrected chi connectivity index (χ2v) is 4.96. The van der Waals surface area contributed by atoms with Gasteiger partial charge in [-0.05, 0) is 24.8 Å². The van der Waals surface area contributed by atoms with E-state index < -0.39 is 0 Å². The van der Waals surface area contributed by atoms with Gasteiger partial charge < -0.3 is 9.64 Å². The van der Waals surface area contributed by atoms with Crippen LogP contribution in [0.3, 0.4) is 0 Å². The summed E-state index contributed by atoms with van der Waals surface area (Å²) in [4.78, 5) is 2.56. The van der Waals surface area contributed by atoms with Crippen molar-refractivity contribution in [2.45, 2.75) is 32.8 Å². The SMILES string of the molecule is CC1(C)CCCN(C[C@@H]2CO2)C1.